The number of nitro benzene ring substituents is 1. The van der Waals surface area contributed by atoms with E-state index in [0.717, 1.165) is 17.3 Å². The van der Waals surface area contributed by atoms with E-state index in [4.69, 9.17) is 11.6 Å². The molecule has 1 aromatic heterocycles. The Morgan fingerprint density at radius 3 is 2.26 bits per heavy atom. The Kier molecular flexibility index (Phi) is 5.86. The zero-order valence-electron chi connectivity index (χ0n) is 16.3. The fourth-order valence-corrected chi connectivity index (χ4v) is 4.99. The van der Waals surface area contributed by atoms with Crippen molar-refractivity contribution in [2.45, 2.75) is 4.90 Å². The first-order chi connectivity index (χ1) is 14.9. The molecular formula is C20H18ClN5O4S. The van der Waals surface area contributed by atoms with Crippen molar-refractivity contribution in [3.8, 4) is 11.3 Å². The second-order valence-corrected chi connectivity index (χ2v) is 9.25. The molecule has 11 heteroatoms. The molecule has 9 nitrogen and oxygen atoms in total. The summed E-state index contributed by atoms with van der Waals surface area (Å²) in [4.78, 5) is 12.2. The summed E-state index contributed by atoms with van der Waals surface area (Å²) in [5.41, 5.74) is 1.29. The summed E-state index contributed by atoms with van der Waals surface area (Å²) in [7, 11) is -3.88. The molecule has 31 heavy (non-hydrogen) atoms. The van der Waals surface area contributed by atoms with Gasteiger partial charge >= 0.3 is 0 Å². The molecule has 0 atom stereocenters. The lowest BCUT2D eigenvalue weighted by Crippen LogP contribution is -2.49. The van der Waals surface area contributed by atoms with Gasteiger partial charge in [-0.2, -0.15) is 4.31 Å². The number of nitrogens with zero attached hydrogens (tertiary/aromatic N) is 5. The van der Waals surface area contributed by atoms with Crippen LogP contribution in [0.5, 0.6) is 0 Å². The van der Waals surface area contributed by atoms with Crippen LogP contribution >= 0.6 is 11.6 Å². The molecule has 2 aromatic carbocycles. The zero-order chi connectivity index (χ0) is 22.0. The van der Waals surface area contributed by atoms with Crippen molar-refractivity contribution < 1.29 is 13.3 Å². The van der Waals surface area contributed by atoms with Gasteiger partial charge in [-0.25, -0.2) is 8.42 Å². The molecule has 3 aromatic rings. The first kappa shape index (κ1) is 21.2. The number of sulfonamides is 1. The van der Waals surface area contributed by atoms with Crippen molar-refractivity contribution in [2.24, 2.45) is 0 Å². The summed E-state index contributed by atoms with van der Waals surface area (Å²) in [6.07, 6.45) is 0. The van der Waals surface area contributed by atoms with Crippen LogP contribution in [0.3, 0.4) is 0 Å². The topological polar surface area (TPSA) is 110 Å². The maximum Gasteiger partial charge on any atom is 0.289 e. The number of rotatable bonds is 5. The average Bonchev–Trinajstić information content (AvgIpc) is 2.80. The molecule has 1 aliphatic heterocycles. The van der Waals surface area contributed by atoms with Crippen LogP contribution < -0.4 is 4.90 Å². The number of benzene rings is 2. The van der Waals surface area contributed by atoms with Gasteiger partial charge in [0.05, 0.1) is 15.5 Å². The molecular weight excluding hydrogens is 442 g/mol. The maximum atomic E-state index is 12.9. The fraction of sp³-hybridized carbons (Fsp3) is 0.200. The van der Waals surface area contributed by atoms with Crippen molar-refractivity contribution in [3.05, 3.63) is 75.8 Å². The molecule has 0 amide bonds. The van der Waals surface area contributed by atoms with E-state index in [1.807, 2.05) is 47.4 Å². The van der Waals surface area contributed by atoms with Crippen LogP contribution in [0.15, 0.2) is 65.6 Å². The van der Waals surface area contributed by atoms with Crippen LogP contribution in [0, 0.1) is 10.1 Å². The summed E-state index contributed by atoms with van der Waals surface area (Å²) in [6.45, 7) is 1.30. The zero-order valence-corrected chi connectivity index (χ0v) is 17.8. The van der Waals surface area contributed by atoms with Crippen molar-refractivity contribution in [3.63, 3.8) is 0 Å². The largest absolute Gasteiger partial charge is 0.352 e. The standard InChI is InChI=1S/C20H18ClN5O4S/c21-17-7-6-16(14-19(17)26(27)28)31(29,30)25-12-10-24(11-13-25)20-9-8-18(22-23-20)15-4-2-1-3-5-15/h1-9,14H,10-13H2. The van der Waals surface area contributed by atoms with Gasteiger partial charge < -0.3 is 4.90 Å². The molecule has 0 bridgehead atoms. The summed E-state index contributed by atoms with van der Waals surface area (Å²) in [5, 5.41) is 19.5. The van der Waals surface area contributed by atoms with Crippen LogP contribution in [0.25, 0.3) is 11.3 Å². The molecule has 0 radical (unpaired) electrons. The van der Waals surface area contributed by atoms with E-state index < -0.39 is 20.6 Å². The van der Waals surface area contributed by atoms with Crippen LogP contribution in [0.1, 0.15) is 0 Å². The van der Waals surface area contributed by atoms with Gasteiger partial charge in [0, 0.05) is 37.8 Å². The fourth-order valence-electron chi connectivity index (χ4n) is 3.36. The van der Waals surface area contributed by atoms with E-state index >= 15 is 0 Å². The second-order valence-electron chi connectivity index (χ2n) is 6.90. The Morgan fingerprint density at radius 2 is 1.65 bits per heavy atom. The predicted molar refractivity (Wildman–Crippen MR) is 117 cm³/mol. The van der Waals surface area contributed by atoms with E-state index in [1.165, 1.54) is 16.4 Å². The quantitative estimate of drug-likeness (QED) is 0.425. The third-order valence-corrected chi connectivity index (χ3v) is 7.25. The molecule has 0 spiro atoms. The molecule has 160 valence electrons. The number of piperazine rings is 1. The molecule has 0 aliphatic carbocycles. The van der Waals surface area contributed by atoms with Crippen LogP contribution in [-0.2, 0) is 10.0 Å². The molecule has 1 fully saturated rings. The van der Waals surface area contributed by atoms with Gasteiger partial charge in [-0.3, -0.25) is 10.1 Å². The lowest BCUT2D eigenvalue weighted by atomic mass is 10.1. The number of aromatic nitrogens is 2. The van der Waals surface area contributed by atoms with Gasteiger partial charge in [-0.1, -0.05) is 41.9 Å². The highest BCUT2D eigenvalue weighted by Crippen LogP contribution is 2.29. The van der Waals surface area contributed by atoms with Crippen LogP contribution in [0.4, 0.5) is 11.5 Å². The highest BCUT2D eigenvalue weighted by molar-refractivity contribution is 7.89. The van der Waals surface area contributed by atoms with Gasteiger partial charge in [-0.15, -0.1) is 10.2 Å². The minimum atomic E-state index is -3.88. The van der Waals surface area contributed by atoms with E-state index in [1.54, 1.807) is 0 Å². The average molecular weight is 460 g/mol. The van der Waals surface area contributed by atoms with Gasteiger partial charge in [0.2, 0.25) is 10.0 Å². The lowest BCUT2D eigenvalue weighted by Gasteiger charge is -2.34. The van der Waals surface area contributed by atoms with E-state index in [2.05, 4.69) is 10.2 Å². The molecule has 4 rings (SSSR count). The Bertz CT molecular complexity index is 1200. The summed E-state index contributed by atoms with van der Waals surface area (Å²) >= 11 is 5.79. The Morgan fingerprint density at radius 1 is 0.935 bits per heavy atom. The number of hydrogen-bond donors (Lipinski definition) is 0. The molecule has 0 saturated carbocycles. The van der Waals surface area contributed by atoms with Gasteiger partial charge in [0.1, 0.15) is 5.02 Å². The van der Waals surface area contributed by atoms with Gasteiger partial charge in [0.15, 0.2) is 5.82 Å². The van der Waals surface area contributed by atoms with Crippen molar-refractivity contribution in [1.82, 2.24) is 14.5 Å². The summed E-state index contributed by atoms with van der Waals surface area (Å²) in [5.74, 6) is 0.666. The van der Waals surface area contributed by atoms with Crippen molar-refractivity contribution in [2.75, 3.05) is 31.1 Å². The van der Waals surface area contributed by atoms with Crippen LogP contribution in [-0.4, -0.2) is 54.0 Å². The number of anilines is 1. The Balaban J connectivity index is 1.46. The number of halogens is 1. The third kappa shape index (κ3) is 4.36. The highest BCUT2D eigenvalue weighted by Gasteiger charge is 2.30. The second kappa shape index (κ2) is 8.58. The summed E-state index contributed by atoms with van der Waals surface area (Å²) in [6, 6.07) is 17.0. The lowest BCUT2D eigenvalue weighted by molar-refractivity contribution is -0.384. The minimum absolute atomic E-state index is 0.105. The smallest absolute Gasteiger partial charge is 0.289 e. The normalized spacial score (nSPS) is 15.1. The molecule has 1 saturated heterocycles. The SMILES string of the molecule is O=[N+]([O-])c1cc(S(=O)(=O)N2CCN(c3ccc(-c4ccccc4)nn3)CC2)ccc1Cl. The van der Waals surface area contributed by atoms with E-state index in [-0.39, 0.29) is 23.0 Å². The van der Waals surface area contributed by atoms with Gasteiger partial charge in [-0.05, 0) is 24.3 Å². The van der Waals surface area contributed by atoms with Crippen molar-refractivity contribution >= 4 is 33.1 Å². The molecule has 1 aliphatic rings. The first-order valence-corrected chi connectivity index (χ1v) is 11.3. The predicted octanol–water partition coefficient (Wildman–Crippen LogP) is 3.22. The third-order valence-electron chi connectivity index (χ3n) is 5.03. The van der Waals surface area contributed by atoms with Gasteiger partial charge in [0.25, 0.3) is 5.69 Å². The number of nitro groups is 1. The Labute approximate surface area is 184 Å². The number of hydrogen-bond acceptors (Lipinski definition) is 7. The first-order valence-electron chi connectivity index (χ1n) is 9.44. The van der Waals surface area contributed by atoms with Crippen LogP contribution in [0.2, 0.25) is 5.02 Å². The Hall–Kier alpha value is -3.08. The molecule has 0 N–H and O–H groups in total. The van der Waals surface area contributed by atoms with Crippen molar-refractivity contribution in [1.29, 1.82) is 0 Å². The maximum absolute atomic E-state index is 12.9. The van der Waals surface area contributed by atoms with E-state index in [0.29, 0.717) is 18.9 Å². The highest BCUT2D eigenvalue weighted by atomic mass is 35.5. The van der Waals surface area contributed by atoms with E-state index in [9.17, 15) is 18.5 Å². The molecule has 2 heterocycles. The summed E-state index contributed by atoms with van der Waals surface area (Å²) < 4.78 is 27.2. The monoisotopic (exact) mass is 459 g/mol. The molecule has 0 unspecified atom stereocenters. The minimum Gasteiger partial charge on any atom is -0.352 e.